The summed E-state index contributed by atoms with van der Waals surface area (Å²) in [5.41, 5.74) is 3.57. The molecule has 0 fully saturated rings. The Kier molecular flexibility index (Phi) is 7.30. The van der Waals surface area contributed by atoms with Crippen molar-refractivity contribution >= 4 is 11.4 Å². The van der Waals surface area contributed by atoms with Crippen LogP contribution < -0.4 is 0 Å². The van der Waals surface area contributed by atoms with Crippen LogP contribution in [0.25, 0.3) is 0 Å². The highest BCUT2D eigenvalue weighted by Crippen LogP contribution is 2.27. The van der Waals surface area contributed by atoms with Crippen LogP contribution in [-0.4, -0.2) is 37.0 Å². The van der Waals surface area contributed by atoms with E-state index in [-0.39, 0.29) is 5.75 Å². The monoisotopic (exact) mass is 356 g/mol. The Labute approximate surface area is 156 Å². The van der Waals surface area contributed by atoms with E-state index in [1.165, 1.54) is 5.56 Å². The van der Waals surface area contributed by atoms with Gasteiger partial charge < -0.3 is 14.3 Å². The molecule has 0 heterocycles. The number of unbranched alkanes of at least 4 members (excludes halogenated alkanes) is 1. The Balaban J connectivity index is 2.05. The van der Waals surface area contributed by atoms with E-state index in [1.54, 1.807) is 12.1 Å². The minimum Gasteiger partial charge on any atom is -0.507 e. The van der Waals surface area contributed by atoms with Crippen molar-refractivity contribution in [2.45, 2.75) is 33.2 Å². The van der Waals surface area contributed by atoms with E-state index in [4.69, 9.17) is 4.74 Å². The molecule has 5 nitrogen and oxygen atoms in total. The molecule has 0 saturated carbocycles. The number of phenols is 1. The van der Waals surface area contributed by atoms with Crippen molar-refractivity contribution in [3.8, 4) is 5.75 Å². The van der Waals surface area contributed by atoms with Gasteiger partial charge in [0.1, 0.15) is 12.3 Å². The molecule has 2 aromatic rings. The van der Waals surface area contributed by atoms with Gasteiger partial charge in [0, 0.05) is 0 Å². The first-order valence-corrected chi connectivity index (χ1v) is 9.10. The largest absolute Gasteiger partial charge is 0.507 e. The number of aryl methyl sites for hydroxylation is 1. The normalized spacial score (nSPS) is 12.0. The molecule has 0 saturated heterocycles. The van der Waals surface area contributed by atoms with E-state index in [2.05, 4.69) is 31.2 Å². The molecule has 1 N–H and O–H groups in total. The van der Waals surface area contributed by atoms with Crippen LogP contribution in [0.4, 0.5) is 11.4 Å². The van der Waals surface area contributed by atoms with Crippen LogP contribution in [0.15, 0.2) is 52.7 Å². The van der Waals surface area contributed by atoms with Crippen molar-refractivity contribution in [1.82, 2.24) is 0 Å². The third kappa shape index (κ3) is 6.58. The summed E-state index contributed by atoms with van der Waals surface area (Å²) in [6, 6.07) is 13.2. The maximum absolute atomic E-state index is 10.2. The predicted octanol–water partition coefficient (Wildman–Crippen LogP) is 5.47. The quantitative estimate of drug-likeness (QED) is 0.280. The summed E-state index contributed by atoms with van der Waals surface area (Å²) in [4.78, 5) is 0. The van der Waals surface area contributed by atoms with Gasteiger partial charge in [-0.15, -0.1) is 0 Å². The van der Waals surface area contributed by atoms with Crippen molar-refractivity contribution in [1.29, 1.82) is 0 Å². The van der Waals surface area contributed by atoms with Gasteiger partial charge in [0.15, 0.2) is 6.73 Å². The standard InChI is InChI=1S/C21H29N3O2/c1-5-6-13-26-16-24(3,4)15-18-14-20(11-12-21(18)25)23-22-19-9-7-17(2)8-10-19/h7-12,14H,5-6,13,15-16H2,1-4H3/p+1. The van der Waals surface area contributed by atoms with E-state index < -0.39 is 0 Å². The van der Waals surface area contributed by atoms with Crippen molar-refractivity contribution < 1.29 is 14.3 Å². The molecular weight excluding hydrogens is 326 g/mol. The Morgan fingerprint density at radius 3 is 2.35 bits per heavy atom. The van der Waals surface area contributed by atoms with Crippen LogP contribution in [0.2, 0.25) is 0 Å². The molecule has 0 aliphatic rings. The van der Waals surface area contributed by atoms with E-state index in [0.717, 1.165) is 36.4 Å². The molecule has 0 spiro atoms. The molecule has 0 bridgehead atoms. The molecule has 0 aromatic heterocycles. The number of aromatic hydroxyl groups is 1. The van der Waals surface area contributed by atoms with Crippen LogP contribution in [0.5, 0.6) is 5.75 Å². The first-order chi connectivity index (χ1) is 12.4. The van der Waals surface area contributed by atoms with Crippen molar-refractivity contribution in [3.05, 3.63) is 53.6 Å². The van der Waals surface area contributed by atoms with E-state index in [9.17, 15) is 5.11 Å². The molecule has 0 unspecified atom stereocenters. The molecule has 0 aliphatic heterocycles. The Bertz CT molecular complexity index is 725. The maximum Gasteiger partial charge on any atom is 0.182 e. The summed E-state index contributed by atoms with van der Waals surface area (Å²) in [6.07, 6.45) is 2.20. The molecule has 0 amide bonds. The Morgan fingerprint density at radius 1 is 1.00 bits per heavy atom. The number of hydrogen-bond donors (Lipinski definition) is 1. The fourth-order valence-electron chi connectivity index (χ4n) is 2.55. The second-order valence-electron chi connectivity index (χ2n) is 7.33. The van der Waals surface area contributed by atoms with Crippen LogP contribution in [0.1, 0.15) is 30.9 Å². The van der Waals surface area contributed by atoms with Crippen molar-refractivity contribution in [2.24, 2.45) is 10.2 Å². The third-order valence-corrected chi connectivity index (χ3v) is 4.06. The lowest BCUT2D eigenvalue weighted by Crippen LogP contribution is -2.40. The Morgan fingerprint density at radius 2 is 1.65 bits per heavy atom. The first-order valence-electron chi connectivity index (χ1n) is 9.10. The Hall–Kier alpha value is -2.24. The number of benzene rings is 2. The highest BCUT2D eigenvalue weighted by Gasteiger charge is 2.18. The fraction of sp³-hybridized carbons (Fsp3) is 0.429. The lowest BCUT2D eigenvalue weighted by molar-refractivity contribution is -0.922. The van der Waals surface area contributed by atoms with Gasteiger partial charge in [-0.3, -0.25) is 0 Å². The molecule has 0 radical (unpaired) electrons. The van der Waals surface area contributed by atoms with E-state index in [1.807, 2.05) is 37.3 Å². The summed E-state index contributed by atoms with van der Waals surface area (Å²) in [6.45, 7) is 6.23. The topological polar surface area (TPSA) is 54.2 Å². The zero-order chi connectivity index (χ0) is 19.0. The lowest BCUT2D eigenvalue weighted by Gasteiger charge is -2.29. The predicted molar refractivity (Wildman–Crippen MR) is 105 cm³/mol. The van der Waals surface area contributed by atoms with Gasteiger partial charge >= 0.3 is 0 Å². The second kappa shape index (κ2) is 9.46. The lowest BCUT2D eigenvalue weighted by atomic mass is 10.1. The van der Waals surface area contributed by atoms with Crippen molar-refractivity contribution in [3.63, 3.8) is 0 Å². The van der Waals surface area contributed by atoms with Crippen LogP contribution in [0.3, 0.4) is 0 Å². The number of nitrogens with zero attached hydrogens (tertiary/aromatic N) is 3. The second-order valence-corrected chi connectivity index (χ2v) is 7.33. The highest BCUT2D eigenvalue weighted by atomic mass is 16.5. The number of rotatable bonds is 9. The minimum atomic E-state index is 0.277. The summed E-state index contributed by atoms with van der Waals surface area (Å²) >= 11 is 0. The fourth-order valence-corrected chi connectivity index (χ4v) is 2.55. The third-order valence-electron chi connectivity index (χ3n) is 4.06. The number of azo groups is 1. The number of hydrogen-bond acceptors (Lipinski definition) is 4. The van der Waals surface area contributed by atoms with Crippen LogP contribution >= 0.6 is 0 Å². The first kappa shape index (κ1) is 20.1. The molecule has 2 aromatic carbocycles. The summed E-state index contributed by atoms with van der Waals surface area (Å²) in [5, 5.41) is 18.8. The zero-order valence-electron chi connectivity index (χ0n) is 16.3. The van der Waals surface area contributed by atoms with Crippen molar-refractivity contribution in [2.75, 3.05) is 27.4 Å². The number of ether oxygens (including phenoxy) is 1. The number of phenolic OH excluding ortho intramolecular Hbond substituents is 1. The zero-order valence-corrected chi connectivity index (χ0v) is 16.3. The van der Waals surface area contributed by atoms with Gasteiger partial charge in [-0.05, 0) is 43.7 Å². The van der Waals surface area contributed by atoms with Crippen LogP contribution in [0, 0.1) is 6.92 Å². The summed E-state index contributed by atoms with van der Waals surface area (Å²) in [5.74, 6) is 0.277. The molecule has 2 rings (SSSR count). The molecule has 26 heavy (non-hydrogen) atoms. The number of quaternary nitrogens is 1. The van der Waals surface area contributed by atoms with Gasteiger partial charge in [0.2, 0.25) is 0 Å². The van der Waals surface area contributed by atoms with Gasteiger partial charge in [-0.25, -0.2) is 0 Å². The van der Waals surface area contributed by atoms with Gasteiger partial charge in [0.05, 0.1) is 37.6 Å². The molecule has 0 aliphatic carbocycles. The van der Waals surface area contributed by atoms with Gasteiger partial charge in [-0.2, -0.15) is 10.2 Å². The smallest absolute Gasteiger partial charge is 0.182 e. The maximum atomic E-state index is 10.2. The molecule has 5 heteroatoms. The summed E-state index contributed by atoms with van der Waals surface area (Å²) in [7, 11) is 4.18. The van der Waals surface area contributed by atoms with Crippen LogP contribution in [-0.2, 0) is 11.3 Å². The molecule has 140 valence electrons. The molecular formula is C21H30N3O2+. The minimum absolute atomic E-state index is 0.277. The highest BCUT2D eigenvalue weighted by molar-refractivity contribution is 5.47. The SMILES string of the molecule is CCCCOC[N+](C)(C)Cc1cc(N=Nc2ccc(C)cc2)ccc1O. The van der Waals surface area contributed by atoms with Gasteiger partial charge in [0.25, 0.3) is 0 Å². The average Bonchev–Trinajstić information content (AvgIpc) is 2.60. The molecule has 0 atom stereocenters. The summed E-state index contributed by atoms with van der Waals surface area (Å²) < 4.78 is 6.38. The van der Waals surface area contributed by atoms with E-state index in [0.29, 0.717) is 17.8 Å². The van der Waals surface area contributed by atoms with E-state index >= 15 is 0 Å². The average molecular weight is 356 g/mol. The van der Waals surface area contributed by atoms with Gasteiger partial charge in [-0.1, -0.05) is 31.0 Å².